The zero-order chi connectivity index (χ0) is 21.2. The van der Waals surface area contributed by atoms with Crippen molar-refractivity contribution < 1.29 is 17.6 Å². The van der Waals surface area contributed by atoms with Crippen LogP contribution in [0, 0.1) is 20.8 Å². The number of anilines is 1. The summed E-state index contributed by atoms with van der Waals surface area (Å²) >= 11 is 0. The summed E-state index contributed by atoms with van der Waals surface area (Å²) in [7, 11) is -3.83. The standard InChI is InChI=1S/C22H24N2O4S/c1-14-9-11-18(29(26,27)24-20-8-6-5-7-15(20)2)13-19(14)22(25)23-17(4)21-12-10-16(3)28-21/h5-13,17,24H,1-4H3,(H,23,25). The number of benzene rings is 2. The molecule has 1 unspecified atom stereocenters. The fraction of sp³-hybridized carbons (Fsp3) is 0.227. The van der Waals surface area contributed by atoms with Crippen LogP contribution in [0.5, 0.6) is 0 Å². The summed E-state index contributed by atoms with van der Waals surface area (Å²) in [5.41, 5.74) is 2.29. The minimum Gasteiger partial charge on any atom is -0.464 e. The number of carbonyl (C=O) groups excluding carboxylic acids is 1. The fourth-order valence-corrected chi connectivity index (χ4v) is 4.09. The molecule has 0 aliphatic rings. The first-order chi connectivity index (χ1) is 13.7. The number of amides is 1. The molecule has 29 heavy (non-hydrogen) atoms. The van der Waals surface area contributed by atoms with Gasteiger partial charge in [0.1, 0.15) is 11.5 Å². The minimum atomic E-state index is -3.83. The van der Waals surface area contributed by atoms with Gasteiger partial charge < -0.3 is 9.73 Å². The second-order valence-corrected chi connectivity index (χ2v) is 8.72. The van der Waals surface area contributed by atoms with Crippen LogP contribution in [0.3, 0.4) is 0 Å². The van der Waals surface area contributed by atoms with Crippen LogP contribution in [0.1, 0.15) is 46.0 Å². The van der Waals surface area contributed by atoms with Crippen LogP contribution in [-0.4, -0.2) is 14.3 Å². The summed E-state index contributed by atoms with van der Waals surface area (Å²) in [6.07, 6.45) is 0. The maximum Gasteiger partial charge on any atom is 0.261 e. The molecular formula is C22H24N2O4S. The molecule has 1 aromatic heterocycles. The highest BCUT2D eigenvalue weighted by Gasteiger charge is 2.20. The molecule has 152 valence electrons. The van der Waals surface area contributed by atoms with Crippen molar-refractivity contribution in [1.82, 2.24) is 5.32 Å². The molecule has 0 aliphatic carbocycles. The zero-order valence-electron chi connectivity index (χ0n) is 16.8. The zero-order valence-corrected chi connectivity index (χ0v) is 17.6. The Morgan fingerprint density at radius 3 is 2.34 bits per heavy atom. The summed E-state index contributed by atoms with van der Waals surface area (Å²) < 4.78 is 33.8. The Bertz CT molecular complexity index is 1150. The summed E-state index contributed by atoms with van der Waals surface area (Å²) in [5.74, 6) is 1.03. The van der Waals surface area contributed by atoms with E-state index in [-0.39, 0.29) is 16.8 Å². The number of para-hydroxylation sites is 1. The lowest BCUT2D eigenvalue weighted by atomic mass is 10.1. The van der Waals surface area contributed by atoms with Gasteiger partial charge in [0.25, 0.3) is 15.9 Å². The predicted molar refractivity (Wildman–Crippen MR) is 112 cm³/mol. The van der Waals surface area contributed by atoms with Gasteiger partial charge in [0.2, 0.25) is 0 Å². The quantitative estimate of drug-likeness (QED) is 0.624. The van der Waals surface area contributed by atoms with E-state index in [1.807, 2.05) is 39.0 Å². The van der Waals surface area contributed by atoms with Gasteiger partial charge in [0.05, 0.1) is 16.6 Å². The average Bonchev–Trinajstić information content (AvgIpc) is 3.10. The number of rotatable bonds is 6. The van der Waals surface area contributed by atoms with Crippen molar-refractivity contribution in [2.24, 2.45) is 0 Å². The molecular weight excluding hydrogens is 388 g/mol. The number of nitrogens with one attached hydrogen (secondary N) is 2. The lowest BCUT2D eigenvalue weighted by Gasteiger charge is -2.15. The average molecular weight is 413 g/mol. The van der Waals surface area contributed by atoms with Crippen LogP contribution in [0.2, 0.25) is 0 Å². The van der Waals surface area contributed by atoms with Crippen LogP contribution in [0.15, 0.2) is 63.9 Å². The number of carbonyl (C=O) groups is 1. The molecule has 7 heteroatoms. The molecule has 1 amide bonds. The van der Waals surface area contributed by atoms with Crippen LogP contribution in [0.4, 0.5) is 5.69 Å². The first-order valence-corrected chi connectivity index (χ1v) is 10.7. The highest BCUT2D eigenvalue weighted by atomic mass is 32.2. The van der Waals surface area contributed by atoms with E-state index < -0.39 is 10.0 Å². The number of hydrogen-bond acceptors (Lipinski definition) is 4. The van der Waals surface area contributed by atoms with Gasteiger partial charge in [-0.2, -0.15) is 0 Å². The van der Waals surface area contributed by atoms with Gasteiger partial charge in [-0.1, -0.05) is 24.3 Å². The van der Waals surface area contributed by atoms with Gasteiger partial charge in [-0.25, -0.2) is 8.42 Å². The minimum absolute atomic E-state index is 0.0259. The topological polar surface area (TPSA) is 88.4 Å². The summed E-state index contributed by atoms with van der Waals surface area (Å²) in [6.45, 7) is 7.23. The normalized spacial score (nSPS) is 12.4. The van der Waals surface area contributed by atoms with Gasteiger partial charge in [-0.3, -0.25) is 9.52 Å². The number of sulfonamides is 1. The van der Waals surface area contributed by atoms with Crippen LogP contribution in [-0.2, 0) is 10.0 Å². The van der Waals surface area contributed by atoms with E-state index in [4.69, 9.17) is 4.42 Å². The van der Waals surface area contributed by atoms with Crippen molar-refractivity contribution in [3.8, 4) is 0 Å². The molecule has 2 N–H and O–H groups in total. The molecule has 0 radical (unpaired) electrons. The molecule has 0 aliphatic heterocycles. The van der Waals surface area contributed by atoms with Gasteiger partial charge in [0.15, 0.2) is 0 Å². The first kappa shape index (κ1) is 20.7. The molecule has 1 heterocycles. The monoisotopic (exact) mass is 412 g/mol. The van der Waals surface area contributed by atoms with Gasteiger partial charge in [-0.05, 0) is 69.2 Å². The Kier molecular flexibility index (Phi) is 5.79. The largest absolute Gasteiger partial charge is 0.464 e. The van der Waals surface area contributed by atoms with Gasteiger partial charge in [-0.15, -0.1) is 0 Å². The van der Waals surface area contributed by atoms with E-state index in [0.29, 0.717) is 22.6 Å². The molecule has 3 aromatic rings. The van der Waals surface area contributed by atoms with E-state index in [2.05, 4.69) is 10.0 Å². The first-order valence-electron chi connectivity index (χ1n) is 9.23. The lowest BCUT2D eigenvalue weighted by molar-refractivity contribution is 0.0934. The summed E-state index contributed by atoms with van der Waals surface area (Å²) in [6, 6.07) is 14.9. The maximum atomic E-state index is 12.8. The van der Waals surface area contributed by atoms with E-state index in [9.17, 15) is 13.2 Å². The maximum absolute atomic E-state index is 12.8. The SMILES string of the molecule is Cc1ccc(C(C)NC(=O)c2cc(S(=O)(=O)Nc3ccccc3C)ccc2C)o1. The van der Waals surface area contributed by atoms with Crippen molar-refractivity contribution >= 4 is 21.6 Å². The van der Waals surface area contributed by atoms with Crippen molar-refractivity contribution in [2.45, 2.75) is 38.6 Å². The van der Waals surface area contributed by atoms with Crippen molar-refractivity contribution in [3.05, 3.63) is 82.8 Å². The Balaban J connectivity index is 1.85. The van der Waals surface area contributed by atoms with Gasteiger partial charge >= 0.3 is 0 Å². The molecule has 1 atom stereocenters. The third-order valence-corrected chi connectivity index (χ3v) is 6.05. The second kappa shape index (κ2) is 8.13. The highest BCUT2D eigenvalue weighted by Crippen LogP contribution is 2.22. The number of aryl methyl sites for hydroxylation is 3. The molecule has 0 bridgehead atoms. The van der Waals surface area contributed by atoms with E-state index >= 15 is 0 Å². The number of furan rings is 1. The molecule has 0 saturated heterocycles. The summed E-state index contributed by atoms with van der Waals surface area (Å²) in [4.78, 5) is 12.8. The van der Waals surface area contributed by atoms with Gasteiger partial charge in [0, 0.05) is 5.56 Å². The molecule has 0 spiro atoms. The Morgan fingerprint density at radius 2 is 1.69 bits per heavy atom. The molecule has 0 fully saturated rings. The third kappa shape index (κ3) is 4.68. The molecule has 0 saturated carbocycles. The van der Waals surface area contributed by atoms with Crippen molar-refractivity contribution in [1.29, 1.82) is 0 Å². The smallest absolute Gasteiger partial charge is 0.261 e. The van der Waals surface area contributed by atoms with Crippen molar-refractivity contribution in [3.63, 3.8) is 0 Å². The Labute approximate surface area is 171 Å². The molecule has 2 aromatic carbocycles. The summed E-state index contributed by atoms with van der Waals surface area (Å²) in [5, 5.41) is 2.86. The van der Waals surface area contributed by atoms with E-state index in [1.165, 1.54) is 12.1 Å². The lowest BCUT2D eigenvalue weighted by Crippen LogP contribution is -2.27. The predicted octanol–water partition coefficient (Wildman–Crippen LogP) is 4.50. The van der Waals surface area contributed by atoms with E-state index in [1.54, 1.807) is 31.2 Å². The fourth-order valence-electron chi connectivity index (χ4n) is 2.94. The van der Waals surface area contributed by atoms with Crippen molar-refractivity contribution in [2.75, 3.05) is 4.72 Å². The van der Waals surface area contributed by atoms with Crippen LogP contribution >= 0.6 is 0 Å². The second-order valence-electron chi connectivity index (χ2n) is 7.04. The Morgan fingerprint density at radius 1 is 0.966 bits per heavy atom. The molecule has 6 nitrogen and oxygen atoms in total. The number of hydrogen-bond donors (Lipinski definition) is 2. The van der Waals surface area contributed by atoms with E-state index in [0.717, 1.165) is 11.3 Å². The van der Waals surface area contributed by atoms with Crippen LogP contribution < -0.4 is 10.0 Å². The molecule has 3 rings (SSSR count). The third-order valence-electron chi connectivity index (χ3n) is 4.69. The van der Waals surface area contributed by atoms with Crippen LogP contribution in [0.25, 0.3) is 0 Å². The highest BCUT2D eigenvalue weighted by molar-refractivity contribution is 7.92. The Hall–Kier alpha value is -3.06.